The van der Waals surface area contributed by atoms with E-state index in [0.717, 1.165) is 29.7 Å². The number of nitrogens with zero attached hydrogens (tertiary/aromatic N) is 5. The van der Waals surface area contributed by atoms with Gasteiger partial charge in [0.2, 0.25) is 0 Å². The van der Waals surface area contributed by atoms with Gasteiger partial charge >= 0.3 is 6.09 Å². The molecule has 0 spiro atoms. The number of likely N-dealkylation sites (tertiary alicyclic amines) is 1. The van der Waals surface area contributed by atoms with E-state index in [1.54, 1.807) is 11.0 Å². The minimum Gasteiger partial charge on any atom is -0.486 e. The lowest BCUT2D eigenvalue weighted by Gasteiger charge is -2.34. The number of hydrogen-bond acceptors (Lipinski definition) is 8. The summed E-state index contributed by atoms with van der Waals surface area (Å²) in [6, 6.07) is 3.13. The van der Waals surface area contributed by atoms with Gasteiger partial charge in [0.25, 0.3) is 0 Å². The Hall–Kier alpha value is -3.34. The zero-order chi connectivity index (χ0) is 28.6. The van der Waals surface area contributed by atoms with Crippen molar-refractivity contribution in [3.63, 3.8) is 0 Å². The molecule has 0 atom stereocenters. The van der Waals surface area contributed by atoms with Crippen LogP contribution in [-0.2, 0) is 11.2 Å². The number of fused-ring (bicyclic) bond motifs is 1. The summed E-state index contributed by atoms with van der Waals surface area (Å²) in [4.78, 5) is 29.6. The molecule has 0 N–H and O–H groups in total. The molecule has 4 heterocycles. The Morgan fingerprint density at radius 2 is 1.90 bits per heavy atom. The van der Waals surface area contributed by atoms with Crippen molar-refractivity contribution in [2.24, 2.45) is 0 Å². The van der Waals surface area contributed by atoms with Gasteiger partial charge in [0.15, 0.2) is 17.4 Å². The molecule has 1 fully saturated rings. The number of halogens is 2. The van der Waals surface area contributed by atoms with Crippen molar-refractivity contribution in [2.75, 3.05) is 31.1 Å². The van der Waals surface area contributed by atoms with Gasteiger partial charge in [0, 0.05) is 36.0 Å². The van der Waals surface area contributed by atoms with Gasteiger partial charge in [-0.05, 0) is 59.6 Å². The molecule has 0 bridgehead atoms. The second kappa shape index (κ2) is 11.3. The molecule has 1 saturated heterocycles. The van der Waals surface area contributed by atoms with Crippen LogP contribution in [0.25, 0.3) is 11.3 Å². The lowest BCUT2D eigenvalue weighted by Crippen LogP contribution is -2.41. The van der Waals surface area contributed by atoms with Gasteiger partial charge in [-0.25, -0.2) is 28.5 Å². The molecule has 1 amide bonds. The molecular formula is C29H35F2N5O3S. The maximum Gasteiger partial charge on any atom is 0.410 e. The molecular weight excluding hydrogens is 536 g/mol. The maximum absolute atomic E-state index is 15.0. The Bertz CT molecular complexity index is 1380. The minimum absolute atomic E-state index is 0.0484. The molecule has 2 aromatic heterocycles. The molecule has 5 rings (SSSR count). The standard InChI is InChI=1S/C29H35F2N5O3S/c1-17(2)36-10-11-38-27-20(30)12-19(13-23(27)36)26-21(31)15-32-24(34-26)14-25-33-22(16-40-25)18-6-8-35(9-7-18)28(37)39-29(3,4)5/h12-13,15-18H,6-11,14H2,1-5H3. The normalized spacial score (nSPS) is 16.2. The molecule has 0 saturated carbocycles. The van der Waals surface area contributed by atoms with E-state index in [2.05, 4.69) is 9.97 Å². The first kappa shape index (κ1) is 28.2. The molecule has 2 aliphatic heterocycles. The van der Waals surface area contributed by atoms with Gasteiger partial charge in [-0.3, -0.25) is 0 Å². The topological polar surface area (TPSA) is 80.7 Å². The Kier molecular flexibility index (Phi) is 7.94. The van der Waals surface area contributed by atoms with Crippen molar-refractivity contribution >= 4 is 23.1 Å². The third-order valence-electron chi connectivity index (χ3n) is 7.05. The van der Waals surface area contributed by atoms with Crippen LogP contribution in [0.15, 0.2) is 23.7 Å². The Labute approximate surface area is 237 Å². The van der Waals surface area contributed by atoms with E-state index in [9.17, 15) is 13.6 Å². The number of anilines is 1. The molecule has 1 aromatic carbocycles. The van der Waals surface area contributed by atoms with Crippen LogP contribution >= 0.6 is 11.3 Å². The third-order valence-corrected chi connectivity index (χ3v) is 7.91. The number of amides is 1. The zero-order valence-electron chi connectivity index (χ0n) is 23.5. The van der Waals surface area contributed by atoms with Crippen LogP contribution in [0.4, 0.5) is 19.3 Å². The summed E-state index contributed by atoms with van der Waals surface area (Å²) < 4.78 is 41.0. The predicted molar refractivity (Wildman–Crippen MR) is 150 cm³/mol. The highest BCUT2D eigenvalue weighted by atomic mass is 32.1. The van der Waals surface area contributed by atoms with Gasteiger partial charge < -0.3 is 19.3 Å². The number of carbonyl (C=O) groups excluding carboxylic acids is 1. The summed E-state index contributed by atoms with van der Waals surface area (Å²) >= 11 is 1.51. The predicted octanol–water partition coefficient (Wildman–Crippen LogP) is 6.19. The summed E-state index contributed by atoms with van der Waals surface area (Å²) in [5, 5.41) is 2.85. The van der Waals surface area contributed by atoms with Crippen molar-refractivity contribution in [3.8, 4) is 17.0 Å². The highest BCUT2D eigenvalue weighted by Crippen LogP contribution is 2.39. The van der Waals surface area contributed by atoms with Crippen LogP contribution in [0.2, 0.25) is 0 Å². The summed E-state index contributed by atoms with van der Waals surface area (Å²) in [6.45, 7) is 11.9. The number of rotatable bonds is 5. The first-order valence-corrected chi connectivity index (χ1v) is 14.5. The average Bonchev–Trinajstić information content (AvgIpc) is 3.37. The lowest BCUT2D eigenvalue weighted by atomic mass is 9.94. The van der Waals surface area contributed by atoms with Gasteiger partial charge in [0.1, 0.15) is 28.7 Å². The van der Waals surface area contributed by atoms with Crippen molar-refractivity contribution in [2.45, 2.75) is 71.4 Å². The summed E-state index contributed by atoms with van der Waals surface area (Å²) in [5.41, 5.74) is 1.45. The molecule has 2 aliphatic rings. The summed E-state index contributed by atoms with van der Waals surface area (Å²) in [7, 11) is 0. The fraction of sp³-hybridized carbons (Fsp3) is 0.517. The van der Waals surface area contributed by atoms with E-state index in [-0.39, 0.29) is 29.5 Å². The molecule has 0 unspecified atom stereocenters. The Morgan fingerprint density at radius 3 is 2.60 bits per heavy atom. The van der Waals surface area contributed by atoms with Crippen molar-refractivity contribution in [1.29, 1.82) is 0 Å². The number of carbonyl (C=O) groups is 1. The smallest absolute Gasteiger partial charge is 0.410 e. The fourth-order valence-electron chi connectivity index (χ4n) is 5.08. The quantitative estimate of drug-likeness (QED) is 0.361. The number of piperidine rings is 1. The van der Waals surface area contributed by atoms with Crippen molar-refractivity contribution in [1.82, 2.24) is 19.9 Å². The van der Waals surface area contributed by atoms with Crippen LogP contribution in [0.3, 0.4) is 0 Å². The van der Waals surface area contributed by atoms with E-state index in [1.807, 2.05) is 44.9 Å². The van der Waals surface area contributed by atoms with Gasteiger partial charge in [-0.15, -0.1) is 11.3 Å². The maximum atomic E-state index is 15.0. The van der Waals surface area contributed by atoms with E-state index in [0.29, 0.717) is 49.7 Å². The SMILES string of the molecule is CC(C)N1CCOc2c(F)cc(-c3nc(Cc4nc(C5CCN(C(=O)OC(C)(C)C)CC5)cs4)ncc3F)cc21. The highest BCUT2D eigenvalue weighted by Gasteiger charge is 2.29. The molecule has 11 heteroatoms. The second-order valence-electron chi connectivity index (χ2n) is 11.5. The molecule has 40 heavy (non-hydrogen) atoms. The summed E-state index contributed by atoms with van der Waals surface area (Å²) in [5.74, 6) is -0.317. The number of benzene rings is 1. The molecule has 214 valence electrons. The largest absolute Gasteiger partial charge is 0.486 e. The number of hydrogen-bond donors (Lipinski definition) is 0. The molecule has 8 nitrogen and oxygen atoms in total. The zero-order valence-corrected chi connectivity index (χ0v) is 24.4. The molecule has 0 aliphatic carbocycles. The second-order valence-corrected chi connectivity index (χ2v) is 12.5. The van der Waals surface area contributed by atoms with Crippen LogP contribution in [0.5, 0.6) is 5.75 Å². The van der Waals surface area contributed by atoms with Gasteiger partial charge in [-0.2, -0.15) is 0 Å². The van der Waals surface area contributed by atoms with Gasteiger partial charge in [0.05, 0.1) is 30.5 Å². The number of ether oxygens (including phenoxy) is 2. The van der Waals surface area contributed by atoms with E-state index < -0.39 is 17.2 Å². The minimum atomic E-state index is -0.618. The molecule has 0 radical (unpaired) electrons. The number of aromatic nitrogens is 3. The van der Waals surface area contributed by atoms with Crippen molar-refractivity contribution < 1.29 is 23.0 Å². The Balaban J connectivity index is 1.29. The summed E-state index contributed by atoms with van der Waals surface area (Å²) in [6.07, 6.45) is 2.80. The van der Waals surface area contributed by atoms with Crippen molar-refractivity contribution in [3.05, 3.63) is 51.9 Å². The first-order chi connectivity index (χ1) is 19.0. The van der Waals surface area contributed by atoms with E-state index in [4.69, 9.17) is 14.5 Å². The lowest BCUT2D eigenvalue weighted by molar-refractivity contribution is 0.0204. The van der Waals surface area contributed by atoms with Crippen LogP contribution in [0.1, 0.15) is 69.9 Å². The van der Waals surface area contributed by atoms with Crippen LogP contribution in [0, 0.1) is 11.6 Å². The molecule has 3 aromatic rings. The fourth-order valence-corrected chi connectivity index (χ4v) is 5.95. The van der Waals surface area contributed by atoms with E-state index in [1.165, 1.54) is 17.4 Å². The monoisotopic (exact) mass is 571 g/mol. The number of thiazole rings is 1. The average molecular weight is 572 g/mol. The first-order valence-electron chi connectivity index (χ1n) is 13.7. The highest BCUT2D eigenvalue weighted by molar-refractivity contribution is 7.09. The third kappa shape index (κ3) is 6.19. The Morgan fingerprint density at radius 1 is 1.15 bits per heavy atom. The van der Waals surface area contributed by atoms with Gasteiger partial charge in [-0.1, -0.05) is 0 Å². The van der Waals surface area contributed by atoms with Crippen LogP contribution < -0.4 is 9.64 Å². The van der Waals surface area contributed by atoms with E-state index >= 15 is 0 Å². The van der Waals surface area contributed by atoms with Crippen LogP contribution in [-0.4, -0.2) is 63.8 Å².